The molecule has 3 rings (SSSR count). The molecule has 0 aromatic heterocycles. The Kier molecular flexibility index (Phi) is 2.96. The molecule has 2 nitrogen and oxygen atoms in total. The number of benzene rings is 2. The molecule has 0 saturated heterocycles. The Balaban J connectivity index is 2.27. The van der Waals surface area contributed by atoms with E-state index >= 15 is 0 Å². The highest BCUT2D eigenvalue weighted by atomic mass is 16.3. The number of hydrogen-bond acceptors (Lipinski definition) is 2. The van der Waals surface area contributed by atoms with E-state index in [2.05, 4.69) is 0 Å². The summed E-state index contributed by atoms with van der Waals surface area (Å²) in [7, 11) is 0. The van der Waals surface area contributed by atoms with Gasteiger partial charge in [0.15, 0.2) is 0 Å². The number of aliphatic hydroxyl groups is 2. The van der Waals surface area contributed by atoms with Crippen molar-refractivity contribution in [1.29, 1.82) is 0 Å². The molecule has 0 spiro atoms. The van der Waals surface area contributed by atoms with Crippen LogP contribution in [0.5, 0.6) is 0 Å². The van der Waals surface area contributed by atoms with E-state index in [4.69, 9.17) is 0 Å². The van der Waals surface area contributed by atoms with Crippen LogP contribution in [0.3, 0.4) is 0 Å². The highest BCUT2D eigenvalue weighted by molar-refractivity contribution is 5.45. The minimum absolute atomic E-state index is 0.376. The summed E-state index contributed by atoms with van der Waals surface area (Å²) in [6.45, 7) is 4.00. The maximum atomic E-state index is 11.3. The van der Waals surface area contributed by atoms with Crippen molar-refractivity contribution in [2.75, 3.05) is 0 Å². The third-order valence-electron chi connectivity index (χ3n) is 4.42. The molecule has 0 saturated carbocycles. The zero-order chi connectivity index (χ0) is 14.4. The quantitative estimate of drug-likeness (QED) is 0.835. The highest BCUT2D eigenvalue weighted by Crippen LogP contribution is 2.47. The van der Waals surface area contributed by atoms with Crippen LogP contribution in [-0.4, -0.2) is 16.3 Å². The van der Waals surface area contributed by atoms with Crippen molar-refractivity contribution in [3.05, 3.63) is 71.3 Å². The molecule has 0 radical (unpaired) electrons. The molecule has 0 heterocycles. The second-order valence-electron chi connectivity index (χ2n) is 6.36. The predicted molar refractivity (Wildman–Crippen MR) is 79.4 cm³/mol. The van der Waals surface area contributed by atoms with Gasteiger partial charge < -0.3 is 10.2 Å². The lowest BCUT2D eigenvalue weighted by Crippen LogP contribution is -2.53. The van der Waals surface area contributed by atoms with Gasteiger partial charge in [-0.25, -0.2) is 0 Å². The van der Waals surface area contributed by atoms with E-state index in [9.17, 15) is 10.2 Å². The molecular weight excluding hydrogens is 248 g/mol. The third-order valence-corrected chi connectivity index (χ3v) is 4.42. The van der Waals surface area contributed by atoms with Gasteiger partial charge in [0.2, 0.25) is 0 Å². The van der Waals surface area contributed by atoms with Crippen molar-refractivity contribution in [2.24, 2.45) is 5.41 Å². The van der Waals surface area contributed by atoms with Crippen molar-refractivity contribution >= 4 is 0 Å². The third kappa shape index (κ3) is 1.80. The first-order valence-corrected chi connectivity index (χ1v) is 7.00. The molecule has 2 N–H and O–H groups in total. The second-order valence-corrected chi connectivity index (χ2v) is 6.36. The topological polar surface area (TPSA) is 40.5 Å². The molecule has 1 aliphatic carbocycles. The maximum absolute atomic E-state index is 11.3. The molecule has 1 aliphatic rings. The molecular formula is C18H20O2. The first-order valence-electron chi connectivity index (χ1n) is 7.00. The van der Waals surface area contributed by atoms with Crippen molar-refractivity contribution in [3.63, 3.8) is 0 Å². The molecule has 0 fully saturated rings. The van der Waals surface area contributed by atoms with Gasteiger partial charge in [0.1, 0.15) is 5.60 Å². The van der Waals surface area contributed by atoms with E-state index in [0.717, 1.165) is 23.1 Å². The van der Waals surface area contributed by atoms with E-state index < -0.39 is 11.7 Å². The minimum atomic E-state index is -1.35. The van der Waals surface area contributed by atoms with Crippen LogP contribution in [0.1, 0.15) is 30.5 Å². The van der Waals surface area contributed by atoms with Crippen molar-refractivity contribution in [1.82, 2.24) is 0 Å². The van der Waals surface area contributed by atoms with Gasteiger partial charge in [0.25, 0.3) is 0 Å². The first-order chi connectivity index (χ1) is 9.46. The van der Waals surface area contributed by atoms with Crippen LogP contribution in [-0.2, 0) is 12.0 Å². The zero-order valence-electron chi connectivity index (χ0n) is 11.9. The fraction of sp³-hybridized carbons (Fsp3) is 0.333. The lowest BCUT2D eigenvalue weighted by atomic mass is 9.62. The SMILES string of the molecule is CC1(C)Cc2ccccc2C(O)(c2ccccc2)C1O. The summed E-state index contributed by atoms with van der Waals surface area (Å²) in [5.41, 5.74) is 0.943. The largest absolute Gasteiger partial charge is 0.389 e. The fourth-order valence-corrected chi connectivity index (χ4v) is 3.35. The van der Waals surface area contributed by atoms with Crippen LogP contribution in [0.4, 0.5) is 0 Å². The molecule has 2 atom stereocenters. The van der Waals surface area contributed by atoms with E-state index in [1.54, 1.807) is 0 Å². The van der Waals surface area contributed by atoms with Gasteiger partial charge >= 0.3 is 0 Å². The smallest absolute Gasteiger partial charge is 0.141 e. The molecule has 2 heteroatoms. The lowest BCUT2D eigenvalue weighted by Gasteiger charge is -2.47. The van der Waals surface area contributed by atoms with Gasteiger partial charge in [-0.3, -0.25) is 0 Å². The molecule has 0 bridgehead atoms. The number of hydrogen-bond donors (Lipinski definition) is 2. The Morgan fingerprint density at radius 3 is 2.25 bits per heavy atom. The Morgan fingerprint density at radius 2 is 1.55 bits per heavy atom. The number of aliphatic hydroxyl groups excluding tert-OH is 1. The molecule has 104 valence electrons. The van der Waals surface area contributed by atoms with Gasteiger partial charge in [-0.05, 0) is 28.5 Å². The fourth-order valence-electron chi connectivity index (χ4n) is 3.35. The van der Waals surface area contributed by atoms with E-state index in [1.165, 1.54) is 0 Å². The zero-order valence-corrected chi connectivity index (χ0v) is 11.9. The van der Waals surface area contributed by atoms with E-state index in [1.807, 2.05) is 68.4 Å². The molecule has 0 amide bonds. The molecule has 2 unspecified atom stereocenters. The lowest BCUT2D eigenvalue weighted by molar-refractivity contribution is -0.115. The molecule has 0 aliphatic heterocycles. The van der Waals surface area contributed by atoms with Gasteiger partial charge in [0, 0.05) is 0 Å². The summed E-state index contributed by atoms with van der Waals surface area (Å²) in [6, 6.07) is 17.3. The van der Waals surface area contributed by atoms with Crippen LogP contribution in [0, 0.1) is 5.41 Å². The van der Waals surface area contributed by atoms with Crippen LogP contribution < -0.4 is 0 Å². The standard InChI is InChI=1S/C18H20O2/c1-17(2)12-13-8-6-7-11-15(13)18(20,16(17)19)14-9-4-3-5-10-14/h3-11,16,19-20H,12H2,1-2H3. The Morgan fingerprint density at radius 1 is 0.950 bits per heavy atom. The monoisotopic (exact) mass is 268 g/mol. The van der Waals surface area contributed by atoms with Crippen LogP contribution in [0.2, 0.25) is 0 Å². The average Bonchev–Trinajstić information content (AvgIpc) is 2.46. The summed E-state index contributed by atoms with van der Waals surface area (Å²) in [5, 5.41) is 22.2. The van der Waals surface area contributed by atoms with Crippen LogP contribution >= 0.6 is 0 Å². The number of rotatable bonds is 1. The van der Waals surface area contributed by atoms with Gasteiger partial charge in [-0.15, -0.1) is 0 Å². The Hall–Kier alpha value is -1.64. The summed E-state index contributed by atoms with van der Waals surface area (Å²) in [4.78, 5) is 0. The van der Waals surface area contributed by atoms with Gasteiger partial charge in [-0.2, -0.15) is 0 Å². The van der Waals surface area contributed by atoms with E-state index in [0.29, 0.717) is 0 Å². The highest BCUT2D eigenvalue weighted by Gasteiger charge is 2.51. The van der Waals surface area contributed by atoms with Crippen molar-refractivity contribution < 1.29 is 10.2 Å². The summed E-state index contributed by atoms with van der Waals surface area (Å²) >= 11 is 0. The summed E-state index contributed by atoms with van der Waals surface area (Å²) in [6.07, 6.45) is -0.0771. The van der Waals surface area contributed by atoms with Crippen molar-refractivity contribution in [2.45, 2.75) is 32.0 Å². The normalized spacial score (nSPS) is 27.9. The average molecular weight is 268 g/mol. The van der Waals surface area contributed by atoms with Crippen molar-refractivity contribution in [3.8, 4) is 0 Å². The Bertz CT molecular complexity index is 618. The maximum Gasteiger partial charge on any atom is 0.141 e. The van der Waals surface area contributed by atoms with Gasteiger partial charge in [0.05, 0.1) is 6.10 Å². The molecule has 20 heavy (non-hydrogen) atoms. The second kappa shape index (κ2) is 4.44. The minimum Gasteiger partial charge on any atom is -0.389 e. The van der Waals surface area contributed by atoms with Crippen LogP contribution in [0.25, 0.3) is 0 Å². The predicted octanol–water partition coefficient (Wildman–Crippen LogP) is 2.87. The molecule has 2 aromatic carbocycles. The summed E-state index contributed by atoms with van der Waals surface area (Å²) < 4.78 is 0. The van der Waals surface area contributed by atoms with Crippen LogP contribution in [0.15, 0.2) is 54.6 Å². The Labute approximate surface area is 119 Å². The van der Waals surface area contributed by atoms with Gasteiger partial charge in [-0.1, -0.05) is 68.4 Å². The molecule has 2 aromatic rings. The first kappa shape index (κ1) is 13.3. The van der Waals surface area contributed by atoms with E-state index in [-0.39, 0.29) is 5.41 Å². The number of fused-ring (bicyclic) bond motifs is 1. The summed E-state index contributed by atoms with van der Waals surface area (Å²) in [5.74, 6) is 0.